The van der Waals surface area contributed by atoms with Gasteiger partial charge in [-0.15, -0.1) is 0 Å². The Morgan fingerprint density at radius 3 is 2.58 bits per heavy atom. The minimum Gasteiger partial charge on any atom is -0.351 e. The van der Waals surface area contributed by atoms with E-state index < -0.39 is 5.54 Å². The molecule has 2 heterocycles. The number of carbonyl (C=O) groups excluding carboxylic acids is 3. The lowest BCUT2D eigenvalue weighted by Crippen LogP contribution is -2.63. The molecule has 1 aliphatic heterocycles. The average molecular weight is 433 g/mol. The van der Waals surface area contributed by atoms with Crippen LogP contribution in [0.4, 0.5) is 0 Å². The van der Waals surface area contributed by atoms with Crippen molar-refractivity contribution in [3.8, 4) is 0 Å². The van der Waals surface area contributed by atoms with Gasteiger partial charge >= 0.3 is 0 Å². The molecule has 2 N–H and O–H groups in total. The molecule has 1 saturated carbocycles. The van der Waals surface area contributed by atoms with Crippen LogP contribution in [0.25, 0.3) is 0 Å². The second kappa shape index (κ2) is 9.80. The smallest absolute Gasteiger partial charge is 0.272 e. The van der Waals surface area contributed by atoms with Crippen molar-refractivity contribution >= 4 is 17.7 Å². The molecule has 0 saturated heterocycles. The highest BCUT2D eigenvalue weighted by molar-refractivity contribution is 6.01. The highest BCUT2D eigenvalue weighted by atomic mass is 16.2. The standard InChI is InChI=1S/C22H36N6O3/c1-5-27(6-2)13-9-12-23-19(29)17-14-18-20(30)26(4)22(3,15-28(18)25-17)21(31)24-16-10-7-8-11-16/h14,16H,5-13,15H2,1-4H3,(H,23,29)(H,24,31)/t22-/m1/s1. The van der Waals surface area contributed by atoms with Gasteiger partial charge in [-0.25, -0.2) is 0 Å². The molecule has 1 atom stereocenters. The third kappa shape index (κ3) is 4.92. The van der Waals surface area contributed by atoms with E-state index in [9.17, 15) is 14.4 Å². The molecule has 3 rings (SSSR count). The average Bonchev–Trinajstić information content (AvgIpc) is 3.42. The number of rotatable bonds is 9. The summed E-state index contributed by atoms with van der Waals surface area (Å²) in [4.78, 5) is 42.3. The van der Waals surface area contributed by atoms with Crippen molar-refractivity contribution in [1.29, 1.82) is 0 Å². The van der Waals surface area contributed by atoms with Gasteiger partial charge in [-0.3, -0.25) is 19.1 Å². The number of nitrogens with zero attached hydrogens (tertiary/aromatic N) is 4. The van der Waals surface area contributed by atoms with Gasteiger partial charge in [0.15, 0.2) is 5.69 Å². The first kappa shape index (κ1) is 23.2. The summed E-state index contributed by atoms with van der Waals surface area (Å²) in [5.41, 5.74) is -0.502. The molecule has 2 aliphatic rings. The molecule has 172 valence electrons. The molecule has 3 amide bonds. The molecule has 9 nitrogen and oxygen atoms in total. The number of likely N-dealkylation sites (N-methyl/N-ethyl adjacent to an activating group) is 1. The second-order valence-electron chi connectivity index (χ2n) is 8.80. The Kier molecular flexibility index (Phi) is 7.35. The quantitative estimate of drug-likeness (QED) is 0.572. The molecule has 31 heavy (non-hydrogen) atoms. The molecule has 0 bridgehead atoms. The molecular formula is C22H36N6O3. The van der Waals surface area contributed by atoms with Crippen molar-refractivity contribution in [2.75, 3.05) is 33.2 Å². The van der Waals surface area contributed by atoms with Gasteiger partial charge < -0.3 is 20.4 Å². The van der Waals surface area contributed by atoms with Crippen LogP contribution in [0.3, 0.4) is 0 Å². The van der Waals surface area contributed by atoms with E-state index in [2.05, 4.69) is 34.5 Å². The molecule has 1 aromatic rings. The molecule has 9 heteroatoms. The van der Waals surface area contributed by atoms with Crippen molar-refractivity contribution in [2.45, 2.75) is 71.0 Å². The Hall–Kier alpha value is -2.42. The van der Waals surface area contributed by atoms with E-state index in [0.29, 0.717) is 12.2 Å². The van der Waals surface area contributed by atoms with Gasteiger partial charge in [0.2, 0.25) is 5.91 Å². The first-order chi connectivity index (χ1) is 14.8. The Bertz CT molecular complexity index is 812. The van der Waals surface area contributed by atoms with E-state index in [1.54, 1.807) is 14.0 Å². The summed E-state index contributed by atoms with van der Waals surface area (Å²) >= 11 is 0. The molecule has 1 aliphatic carbocycles. The summed E-state index contributed by atoms with van der Waals surface area (Å²) in [6.45, 7) is 9.66. The lowest BCUT2D eigenvalue weighted by molar-refractivity contribution is -0.133. The van der Waals surface area contributed by atoms with Crippen LogP contribution < -0.4 is 10.6 Å². The molecular weight excluding hydrogens is 396 g/mol. The molecule has 1 fully saturated rings. The van der Waals surface area contributed by atoms with Crippen molar-refractivity contribution in [3.05, 3.63) is 17.5 Å². The van der Waals surface area contributed by atoms with Gasteiger partial charge in [-0.1, -0.05) is 26.7 Å². The van der Waals surface area contributed by atoms with Crippen LogP contribution in [-0.2, 0) is 11.3 Å². The lowest BCUT2D eigenvalue weighted by atomic mass is 9.95. The predicted octanol–water partition coefficient (Wildman–Crippen LogP) is 1.25. The summed E-state index contributed by atoms with van der Waals surface area (Å²) in [5.74, 6) is -0.767. The first-order valence-electron chi connectivity index (χ1n) is 11.5. The van der Waals surface area contributed by atoms with Crippen LogP contribution in [0.2, 0.25) is 0 Å². The van der Waals surface area contributed by atoms with Crippen molar-refractivity contribution < 1.29 is 14.4 Å². The maximum atomic E-state index is 13.0. The van der Waals surface area contributed by atoms with E-state index in [0.717, 1.165) is 51.7 Å². The maximum absolute atomic E-state index is 13.0. The summed E-state index contributed by atoms with van der Waals surface area (Å²) < 4.78 is 1.50. The van der Waals surface area contributed by atoms with Gasteiger partial charge in [0.05, 0.1) is 6.54 Å². The second-order valence-corrected chi connectivity index (χ2v) is 8.80. The van der Waals surface area contributed by atoms with Gasteiger partial charge in [0.25, 0.3) is 11.8 Å². The molecule has 0 aromatic carbocycles. The number of fused-ring (bicyclic) bond motifs is 1. The zero-order chi connectivity index (χ0) is 22.6. The summed E-state index contributed by atoms with van der Waals surface area (Å²) in [6, 6.07) is 1.69. The number of carbonyl (C=O) groups is 3. The summed E-state index contributed by atoms with van der Waals surface area (Å²) in [6.07, 6.45) is 5.04. The van der Waals surface area contributed by atoms with E-state index in [-0.39, 0.29) is 36.0 Å². The van der Waals surface area contributed by atoms with E-state index in [1.807, 2.05) is 0 Å². The topological polar surface area (TPSA) is 99.6 Å². The minimum atomic E-state index is -1.05. The highest BCUT2D eigenvalue weighted by Crippen LogP contribution is 2.27. The van der Waals surface area contributed by atoms with Crippen LogP contribution in [0.15, 0.2) is 6.07 Å². The Balaban J connectivity index is 1.65. The number of hydrogen-bond donors (Lipinski definition) is 2. The zero-order valence-electron chi connectivity index (χ0n) is 19.2. The Morgan fingerprint density at radius 2 is 1.94 bits per heavy atom. The third-order valence-corrected chi connectivity index (χ3v) is 6.74. The summed E-state index contributed by atoms with van der Waals surface area (Å²) in [7, 11) is 1.64. The molecule has 0 spiro atoms. The van der Waals surface area contributed by atoms with Crippen LogP contribution in [0.5, 0.6) is 0 Å². The largest absolute Gasteiger partial charge is 0.351 e. The van der Waals surface area contributed by atoms with Gasteiger partial charge in [0, 0.05) is 25.7 Å². The van der Waals surface area contributed by atoms with Crippen LogP contribution in [0.1, 0.15) is 73.9 Å². The molecule has 1 aromatic heterocycles. The van der Waals surface area contributed by atoms with Gasteiger partial charge in [-0.2, -0.15) is 5.10 Å². The normalized spacial score (nSPS) is 21.5. The van der Waals surface area contributed by atoms with Crippen LogP contribution >= 0.6 is 0 Å². The fourth-order valence-corrected chi connectivity index (χ4v) is 4.38. The number of amides is 3. The van der Waals surface area contributed by atoms with E-state index in [4.69, 9.17) is 0 Å². The van der Waals surface area contributed by atoms with Gasteiger partial charge in [-0.05, 0) is 45.8 Å². The SMILES string of the molecule is CCN(CC)CCCNC(=O)c1cc2n(n1)C[C@](C)(C(=O)NC1CCCC1)N(C)C2=O. The fraction of sp³-hybridized carbons (Fsp3) is 0.727. The number of aromatic nitrogens is 2. The molecule has 0 unspecified atom stereocenters. The molecule has 0 radical (unpaired) electrons. The fourth-order valence-electron chi connectivity index (χ4n) is 4.38. The minimum absolute atomic E-state index is 0.168. The van der Waals surface area contributed by atoms with Gasteiger partial charge in [0.1, 0.15) is 11.2 Å². The maximum Gasteiger partial charge on any atom is 0.272 e. The van der Waals surface area contributed by atoms with Crippen LogP contribution in [-0.4, -0.2) is 82.1 Å². The zero-order valence-corrected chi connectivity index (χ0v) is 19.2. The van der Waals surface area contributed by atoms with E-state index in [1.165, 1.54) is 15.6 Å². The summed E-state index contributed by atoms with van der Waals surface area (Å²) in [5, 5.41) is 10.3. The van der Waals surface area contributed by atoms with E-state index >= 15 is 0 Å². The highest BCUT2D eigenvalue weighted by Gasteiger charge is 2.46. The van der Waals surface area contributed by atoms with Crippen molar-refractivity contribution in [2.24, 2.45) is 0 Å². The monoisotopic (exact) mass is 432 g/mol. The van der Waals surface area contributed by atoms with Crippen molar-refractivity contribution in [1.82, 2.24) is 30.2 Å². The predicted molar refractivity (Wildman–Crippen MR) is 118 cm³/mol. The lowest BCUT2D eigenvalue weighted by Gasteiger charge is -2.41. The van der Waals surface area contributed by atoms with Crippen LogP contribution in [0, 0.1) is 0 Å². The number of hydrogen-bond acceptors (Lipinski definition) is 5. The third-order valence-electron chi connectivity index (χ3n) is 6.74. The first-order valence-corrected chi connectivity index (χ1v) is 11.5. The number of nitrogens with one attached hydrogen (secondary N) is 2. The Morgan fingerprint density at radius 1 is 1.26 bits per heavy atom. The van der Waals surface area contributed by atoms with Crippen molar-refractivity contribution in [3.63, 3.8) is 0 Å². The Labute approximate surface area is 184 Å².